The first kappa shape index (κ1) is 10.1. The molecule has 0 aliphatic rings. The van der Waals surface area contributed by atoms with Gasteiger partial charge >= 0.3 is 0 Å². The lowest BCUT2D eigenvalue weighted by atomic mass is 10.4. The van der Waals surface area contributed by atoms with Crippen molar-refractivity contribution in [3.8, 4) is 5.69 Å². The van der Waals surface area contributed by atoms with Gasteiger partial charge in [-0.2, -0.15) is 0 Å². The standard InChI is InChI=1S/C11H9BrN2O/c1-8-11(12)5-10(7-15)14(8)9-3-2-4-13-6-9/h2-7H,1H3. The Hall–Kier alpha value is -1.42. The van der Waals surface area contributed by atoms with Gasteiger partial charge in [-0.1, -0.05) is 0 Å². The topological polar surface area (TPSA) is 34.9 Å². The van der Waals surface area contributed by atoms with Crippen molar-refractivity contribution >= 4 is 22.2 Å². The van der Waals surface area contributed by atoms with E-state index < -0.39 is 0 Å². The minimum Gasteiger partial charge on any atom is -0.309 e. The van der Waals surface area contributed by atoms with Gasteiger partial charge in [0.15, 0.2) is 6.29 Å². The normalized spacial score (nSPS) is 10.3. The van der Waals surface area contributed by atoms with E-state index in [1.165, 1.54) is 0 Å². The summed E-state index contributed by atoms with van der Waals surface area (Å²) in [7, 11) is 0. The molecule has 0 aliphatic heterocycles. The van der Waals surface area contributed by atoms with Crippen molar-refractivity contribution < 1.29 is 4.79 Å². The molecule has 76 valence electrons. The Morgan fingerprint density at radius 3 is 2.93 bits per heavy atom. The molecule has 0 unspecified atom stereocenters. The third-order valence-electron chi connectivity index (χ3n) is 2.24. The minimum atomic E-state index is 0.618. The zero-order valence-corrected chi connectivity index (χ0v) is 9.73. The summed E-state index contributed by atoms with van der Waals surface area (Å²) in [6.07, 6.45) is 4.27. The summed E-state index contributed by atoms with van der Waals surface area (Å²) in [5.41, 5.74) is 2.50. The first-order valence-corrected chi connectivity index (χ1v) is 5.26. The van der Waals surface area contributed by atoms with E-state index in [2.05, 4.69) is 20.9 Å². The van der Waals surface area contributed by atoms with Crippen LogP contribution in [0.2, 0.25) is 0 Å². The van der Waals surface area contributed by atoms with Crippen LogP contribution in [0.3, 0.4) is 0 Å². The molecule has 2 aromatic heterocycles. The van der Waals surface area contributed by atoms with Crippen LogP contribution in [0.15, 0.2) is 35.1 Å². The maximum absolute atomic E-state index is 10.9. The predicted molar refractivity (Wildman–Crippen MR) is 61.4 cm³/mol. The summed E-state index contributed by atoms with van der Waals surface area (Å²) < 4.78 is 2.79. The van der Waals surface area contributed by atoms with Crippen LogP contribution < -0.4 is 0 Å². The van der Waals surface area contributed by atoms with Gasteiger partial charge in [0.2, 0.25) is 0 Å². The molecule has 0 aromatic carbocycles. The Kier molecular flexibility index (Phi) is 2.68. The third-order valence-corrected chi connectivity index (χ3v) is 3.04. The number of carbonyl (C=O) groups is 1. The number of pyridine rings is 1. The highest BCUT2D eigenvalue weighted by Crippen LogP contribution is 2.23. The van der Waals surface area contributed by atoms with Gasteiger partial charge in [-0.3, -0.25) is 9.78 Å². The molecule has 0 saturated carbocycles. The molecule has 3 nitrogen and oxygen atoms in total. The molecule has 15 heavy (non-hydrogen) atoms. The van der Waals surface area contributed by atoms with Crippen molar-refractivity contribution in [2.75, 3.05) is 0 Å². The van der Waals surface area contributed by atoms with E-state index in [4.69, 9.17) is 0 Å². The Morgan fingerprint density at radius 2 is 2.33 bits per heavy atom. The molecule has 2 aromatic rings. The number of aldehydes is 1. The molecule has 0 fully saturated rings. The van der Waals surface area contributed by atoms with Crippen LogP contribution in [0.5, 0.6) is 0 Å². The van der Waals surface area contributed by atoms with E-state index in [0.29, 0.717) is 5.69 Å². The molecule has 0 atom stereocenters. The molecule has 0 amide bonds. The maximum atomic E-state index is 10.9. The molecule has 2 rings (SSSR count). The highest BCUT2D eigenvalue weighted by molar-refractivity contribution is 9.10. The number of rotatable bonds is 2. The molecule has 0 spiro atoms. The number of hydrogen-bond donors (Lipinski definition) is 0. The van der Waals surface area contributed by atoms with Gasteiger partial charge in [0.05, 0.1) is 17.6 Å². The molecule has 0 radical (unpaired) electrons. The zero-order chi connectivity index (χ0) is 10.8. The molecular formula is C11H9BrN2O. The molecule has 0 saturated heterocycles. The van der Waals surface area contributed by atoms with Crippen LogP contribution in [-0.4, -0.2) is 15.8 Å². The summed E-state index contributed by atoms with van der Waals surface area (Å²) in [6, 6.07) is 5.56. The minimum absolute atomic E-state index is 0.618. The Balaban J connectivity index is 2.66. The average Bonchev–Trinajstić information content (AvgIpc) is 2.56. The van der Waals surface area contributed by atoms with E-state index in [-0.39, 0.29) is 0 Å². The number of hydrogen-bond acceptors (Lipinski definition) is 2. The van der Waals surface area contributed by atoms with Crippen LogP contribution in [0.1, 0.15) is 16.2 Å². The Bertz CT molecular complexity index is 491. The third kappa shape index (κ3) is 1.72. The van der Waals surface area contributed by atoms with Crippen LogP contribution in [-0.2, 0) is 0 Å². The van der Waals surface area contributed by atoms with Crippen LogP contribution in [0.25, 0.3) is 5.69 Å². The molecule has 4 heteroatoms. The first-order valence-electron chi connectivity index (χ1n) is 4.47. The summed E-state index contributed by atoms with van der Waals surface area (Å²) in [5, 5.41) is 0. The van der Waals surface area contributed by atoms with Crippen LogP contribution in [0, 0.1) is 6.92 Å². The van der Waals surface area contributed by atoms with Crippen molar-refractivity contribution in [2.24, 2.45) is 0 Å². The molecule has 0 bridgehead atoms. The van der Waals surface area contributed by atoms with E-state index in [1.54, 1.807) is 18.5 Å². The maximum Gasteiger partial charge on any atom is 0.166 e. The number of nitrogens with zero attached hydrogens (tertiary/aromatic N) is 2. The highest BCUT2D eigenvalue weighted by Gasteiger charge is 2.10. The quantitative estimate of drug-likeness (QED) is 0.782. The van der Waals surface area contributed by atoms with Gasteiger partial charge in [-0.05, 0) is 41.1 Å². The summed E-state index contributed by atoms with van der Waals surface area (Å²) >= 11 is 3.40. The second-order valence-electron chi connectivity index (χ2n) is 3.17. The summed E-state index contributed by atoms with van der Waals surface area (Å²) in [4.78, 5) is 14.9. The number of aromatic nitrogens is 2. The predicted octanol–water partition coefficient (Wildman–Crippen LogP) is 2.76. The number of carbonyl (C=O) groups excluding carboxylic acids is 1. The highest BCUT2D eigenvalue weighted by atomic mass is 79.9. The van der Waals surface area contributed by atoms with Crippen LogP contribution in [0.4, 0.5) is 0 Å². The van der Waals surface area contributed by atoms with Gasteiger partial charge < -0.3 is 4.57 Å². The Labute approximate surface area is 95.9 Å². The SMILES string of the molecule is Cc1c(Br)cc(C=O)n1-c1cccnc1. The molecular weight excluding hydrogens is 256 g/mol. The molecule has 0 N–H and O–H groups in total. The summed E-state index contributed by atoms with van der Waals surface area (Å²) in [6.45, 7) is 1.95. The second-order valence-corrected chi connectivity index (χ2v) is 4.02. The van der Waals surface area contributed by atoms with Gasteiger partial charge in [0.25, 0.3) is 0 Å². The largest absolute Gasteiger partial charge is 0.309 e. The monoisotopic (exact) mass is 264 g/mol. The fourth-order valence-corrected chi connectivity index (χ4v) is 1.93. The van der Waals surface area contributed by atoms with E-state index >= 15 is 0 Å². The fourth-order valence-electron chi connectivity index (χ4n) is 1.51. The van der Waals surface area contributed by atoms with Gasteiger partial charge in [-0.25, -0.2) is 0 Å². The van der Waals surface area contributed by atoms with Crippen molar-refractivity contribution in [1.82, 2.24) is 9.55 Å². The smallest absolute Gasteiger partial charge is 0.166 e. The van der Waals surface area contributed by atoms with Crippen molar-refractivity contribution in [3.05, 3.63) is 46.5 Å². The molecule has 2 heterocycles. The lowest BCUT2D eigenvalue weighted by molar-refractivity contribution is 0.111. The van der Waals surface area contributed by atoms with Gasteiger partial charge in [0.1, 0.15) is 0 Å². The van der Waals surface area contributed by atoms with E-state index in [9.17, 15) is 4.79 Å². The average molecular weight is 265 g/mol. The first-order chi connectivity index (χ1) is 7.24. The van der Waals surface area contributed by atoms with Crippen molar-refractivity contribution in [2.45, 2.75) is 6.92 Å². The summed E-state index contributed by atoms with van der Waals surface area (Å²) in [5.74, 6) is 0. The molecule has 0 aliphatic carbocycles. The van der Waals surface area contributed by atoms with Crippen molar-refractivity contribution in [3.63, 3.8) is 0 Å². The second kappa shape index (κ2) is 3.98. The van der Waals surface area contributed by atoms with Gasteiger partial charge in [-0.15, -0.1) is 0 Å². The van der Waals surface area contributed by atoms with E-state index in [1.807, 2.05) is 23.6 Å². The lowest BCUT2D eigenvalue weighted by Gasteiger charge is -2.07. The lowest BCUT2D eigenvalue weighted by Crippen LogP contribution is -2.01. The zero-order valence-electron chi connectivity index (χ0n) is 8.14. The Morgan fingerprint density at radius 1 is 1.53 bits per heavy atom. The van der Waals surface area contributed by atoms with Gasteiger partial charge in [0, 0.05) is 16.4 Å². The fraction of sp³-hybridized carbons (Fsp3) is 0.0909. The number of halogens is 1. The van der Waals surface area contributed by atoms with E-state index in [0.717, 1.165) is 22.1 Å². The van der Waals surface area contributed by atoms with Crippen molar-refractivity contribution in [1.29, 1.82) is 0 Å². The van der Waals surface area contributed by atoms with Crippen LogP contribution >= 0.6 is 15.9 Å².